The van der Waals surface area contributed by atoms with E-state index in [-0.39, 0.29) is 6.61 Å². The summed E-state index contributed by atoms with van der Waals surface area (Å²) < 4.78 is 21.4. The first kappa shape index (κ1) is 18.7. The zero-order chi connectivity index (χ0) is 19.2. The van der Waals surface area contributed by atoms with Crippen molar-refractivity contribution in [2.45, 2.75) is 6.10 Å². The minimum atomic E-state index is -0.975. The summed E-state index contributed by atoms with van der Waals surface area (Å²) in [7, 11) is 0. The molecule has 2 amide bonds. The van der Waals surface area contributed by atoms with E-state index in [1.807, 2.05) is 0 Å². The van der Waals surface area contributed by atoms with Crippen LogP contribution in [0.2, 0.25) is 0 Å². The van der Waals surface area contributed by atoms with Gasteiger partial charge >= 0.3 is 5.97 Å². The van der Waals surface area contributed by atoms with Gasteiger partial charge in [0.15, 0.2) is 22.8 Å². The molecular formula is C18H14BrNO7. The zero-order valence-electron chi connectivity index (χ0n) is 13.8. The van der Waals surface area contributed by atoms with E-state index in [0.29, 0.717) is 21.9 Å². The molecular weight excluding hydrogens is 422 g/mol. The number of halogens is 1. The molecule has 1 aliphatic rings. The zero-order valence-corrected chi connectivity index (χ0v) is 15.4. The van der Waals surface area contributed by atoms with E-state index in [9.17, 15) is 14.4 Å². The van der Waals surface area contributed by atoms with Crippen LogP contribution >= 0.6 is 15.9 Å². The molecule has 1 aromatic heterocycles. The van der Waals surface area contributed by atoms with Crippen LogP contribution in [-0.4, -0.2) is 37.1 Å². The lowest BCUT2D eigenvalue weighted by molar-refractivity contribution is -0.146. The van der Waals surface area contributed by atoms with Gasteiger partial charge in [-0.2, -0.15) is 0 Å². The molecule has 9 heteroatoms. The maximum atomic E-state index is 12.1. The van der Waals surface area contributed by atoms with E-state index in [2.05, 4.69) is 21.2 Å². The van der Waals surface area contributed by atoms with Crippen LogP contribution in [0, 0.1) is 0 Å². The van der Waals surface area contributed by atoms with Crippen molar-refractivity contribution in [1.29, 1.82) is 0 Å². The lowest BCUT2D eigenvalue weighted by Gasteiger charge is -2.25. The Labute approximate surface area is 162 Å². The Morgan fingerprint density at radius 1 is 1.19 bits per heavy atom. The average Bonchev–Trinajstić information content (AvgIpc) is 3.09. The van der Waals surface area contributed by atoms with Crippen molar-refractivity contribution in [3.05, 3.63) is 52.9 Å². The van der Waals surface area contributed by atoms with Crippen LogP contribution in [-0.2, 0) is 19.1 Å². The van der Waals surface area contributed by atoms with Crippen molar-refractivity contribution in [2.75, 3.05) is 13.2 Å². The molecule has 0 spiro atoms. The van der Waals surface area contributed by atoms with Crippen LogP contribution < -0.4 is 14.8 Å². The molecule has 27 heavy (non-hydrogen) atoms. The number of para-hydroxylation sites is 2. The number of imide groups is 1. The van der Waals surface area contributed by atoms with Crippen LogP contribution in [0.4, 0.5) is 0 Å². The summed E-state index contributed by atoms with van der Waals surface area (Å²) in [5.41, 5.74) is 0. The van der Waals surface area contributed by atoms with E-state index in [1.54, 1.807) is 36.4 Å². The highest BCUT2D eigenvalue weighted by molar-refractivity contribution is 9.10. The molecule has 1 atom stereocenters. The molecule has 0 bridgehead atoms. The first-order chi connectivity index (χ1) is 13.0. The number of fused-ring (bicyclic) bond motifs is 1. The second-order valence-corrected chi connectivity index (χ2v) is 6.14. The Bertz CT molecular complexity index is 889. The molecule has 0 aliphatic carbocycles. The maximum Gasteiger partial charge on any atom is 0.331 e. The van der Waals surface area contributed by atoms with Crippen LogP contribution in [0.15, 0.2) is 51.6 Å². The van der Waals surface area contributed by atoms with Gasteiger partial charge in [-0.05, 0) is 46.3 Å². The van der Waals surface area contributed by atoms with Gasteiger partial charge in [0.1, 0.15) is 12.4 Å². The highest BCUT2D eigenvalue weighted by Gasteiger charge is 2.28. The summed E-state index contributed by atoms with van der Waals surface area (Å²) in [5, 5.41) is 2.10. The van der Waals surface area contributed by atoms with Gasteiger partial charge in [0, 0.05) is 6.08 Å². The fraction of sp³-hybridized carbons (Fsp3) is 0.167. The molecule has 3 rings (SSSR count). The average molecular weight is 436 g/mol. The van der Waals surface area contributed by atoms with Gasteiger partial charge in [0.25, 0.3) is 11.8 Å². The van der Waals surface area contributed by atoms with Gasteiger partial charge in [0.2, 0.25) is 6.10 Å². The Hall–Kier alpha value is -3.07. The molecule has 1 N–H and O–H groups in total. The standard InChI is InChI=1S/C18H14BrNO7/c19-15-7-5-11(26-15)6-8-17(22)25-10-16(21)20-18(23)14-9-24-12-3-1-2-4-13(12)27-14/h1-8,14H,9-10H2,(H,20,21,23)/b8-6+. The van der Waals surface area contributed by atoms with Crippen molar-refractivity contribution < 1.29 is 33.0 Å². The van der Waals surface area contributed by atoms with Crippen LogP contribution in [0.5, 0.6) is 11.5 Å². The number of ether oxygens (including phenoxy) is 3. The molecule has 2 heterocycles. The molecule has 140 valence electrons. The summed E-state index contributed by atoms with van der Waals surface area (Å²) in [6, 6.07) is 10.2. The number of nitrogens with one attached hydrogen (secondary N) is 1. The molecule has 0 saturated carbocycles. The highest BCUT2D eigenvalue weighted by Crippen LogP contribution is 2.30. The maximum absolute atomic E-state index is 12.1. The number of benzene rings is 1. The van der Waals surface area contributed by atoms with Gasteiger partial charge in [-0.15, -0.1) is 0 Å². The van der Waals surface area contributed by atoms with E-state index >= 15 is 0 Å². The van der Waals surface area contributed by atoms with Crippen LogP contribution in [0.3, 0.4) is 0 Å². The number of amides is 2. The monoisotopic (exact) mass is 435 g/mol. The lowest BCUT2D eigenvalue weighted by Crippen LogP contribution is -2.47. The van der Waals surface area contributed by atoms with Crippen molar-refractivity contribution in [3.63, 3.8) is 0 Å². The van der Waals surface area contributed by atoms with Crippen molar-refractivity contribution in [1.82, 2.24) is 5.32 Å². The number of carbonyl (C=O) groups excluding carboxylic acids is 3. The second kappa shape index (κ2) is 8.54. The van der Waals surface area contributed by atoms with Crippen molar-refractivity contribution in [3.8, 4) is 11.5 Å². The van der Waals surface area contributed by atoms with Crippen molar-refractivity contribution in [2.24, 2.45) is 0 Å². The number of esters is 1. The third-order valence-corrected chi connectivity index (χ3v) is 3.81. The Kier molecular flexibility index (Phi) is 5.92. The summed E-state index contributed by atoms with van der Waals surface area (Å²) in [6.45, 7) is -0.641. The molecule has 2 aromatic rings. The first-order valence-electron chi connectivity index (χ1n) is 7.83. The van der Waals surface area contributed by atoms with Crippen LogP contribution in [0.25, 0.3) is 6.08 Å². The van der Waals surface area contributed by atoms with E-state index < -0.39 is 30.5 Å². The lowest BCUT2D eigenvalue weighted by atomic mass is 10.2. The third kappa shape index (κ3) is 5.20. The van der Waals surface area contributed by atoms with Gasteiger partial charge in [-0.1, -0.05) is 12.1 Å². The molecule has 1 aromatic carbocycles. The fourth-order valence-corrected chi connectivity index (χ4v) is 2.47. The summed E-state index contributed by atoms with van der Waals surface area (Å²) in [6.07, 6.45) is 1.52. The first-order valence-corrected chi connectivity index (χ1v) is 8.63. The molecule has 0 saturated heterocycles. The van der Waals surface area contributed by atoms with Crippen LogP contribution in [0.1, 0.15) is 5.76 Å². The molecule has 0 fully saturated rings. The number of carbonyl (C=O) groups is 3. The number of furan rings is 1. The quantitative estimate of drug-likeness (QED) is 0.566. The van der Waals surface area contributed by atoms with E-state index in [4.69, 9.17) is 18.6 Å². The number of hydrogen-bond acceptors (Lipinski definition) is 7. The number of rotatable bonds is 5. The summed E-state index contributed by atoms with van der Waals surface area (Å²) >= 11 is 3.13. The molecule has 0 radical (unpaired) electrons. The van der Waals surface area contributed by atoms with Gasteiger partial charge in [-0.25, -0.2) is 4.79 Å². The topological polar surface area (TPSA) is 104 Å². The normalized spacial score (nSPS) is 15.4. The fourth-order valence-electron chi connectivity index (χ4n) is 2.16. The van der Waals surface area contributed by atoms with Crippen molar-refractivity contribution >= 4 is 39.8 Å². The Morgan fingerprint density at radius 2 is 1.96 bits per heavy atom. The SMILES string of the molecule is O=C(COC(=O)/C=C/c1ccc(Br)o1)NC(=O)C1COc2ccccc2O1. The largest absolute Gasteiger partial charge is 0.485 e. The highest BCUT2D eigenvalue weighted by atomic mass is 79.9. The third-order valence-electron chi connectivity index (χ3n) is 3.39. The van der Waals surface area contributed by atoms with Gasteiger partial charge in [-0.3, -0.25) is 14.9 Å². The minimum Gasteiger partial charge on any atom is -0.485 e. The summed E-state index contributed by atoms with van der Waals surface area (Å²) in [5.74, 6) is -0.828. The Balaban J connectivity index is 1.43. The second-order valence-electron chi connectivity index (χ2n) is 5.36. The van der Waals surface area contributed by atoms with E-state index in [1.165, 1.54) is 6.08 Å². The predicted molar refractivity (Wildman–Crippen MR) is 95.9 cm³/mol. The smallest absolute Gasteiger partial charge is 0.331 e. The molecule has 1 aliphatic heterocycles. The van der Waals surface area contributed by atoms with Gasteiger partial charge in [0.05, 0.1) is 0 Å². The van der Waals surface area contributed by atoms with E-state index in [0.717, 1.165) is 6.08 Å². The minimum absolute atomic E-state index is 0.0304. The Morgan fingerprint density at radius 3 is 2.70 bits per heavy atom. The number of hydrogen-bond donors (Lipinski definition) is 1. The molecule has 8 nitrogen and oxygen atoms in total. The summed E-state index contributed by atoms with van der Waals surface area (Å²) in [4.78, 5) is 35.4. The molecule has 1 unspecified atom stereocenters. The predicted octanol–water partition coefficient (Wildman–Crippen LogP) is 2.08. The van der Waals surface area contributed by atoms with Gasteiger partial charge < -0.3 is 18.6 Å².